The molecule has 1 atom stereocenters. The zero-order valence-corrected chi connectivity index (χ0v) is 11.2. The van der Waals surface area contributed by atoms with Crippen LogP contribution in [0.2, 0.25) is 0 Å². The van der Waals surface area contributed by atoms with E-state index in [1.165, 1.54) is 5.56 Å². The van der Waals surface area contributed by atoms with Crippen molar-refractivity contribution in [2.24, 2.45) is 0 Å². The second-order valence-electron chi connectivity index (χ2n) is 4.77. The number of hydrogen-bond donors (Lipinski definition) is 0. The molecule has 1 aliphatic heterocycles. The van der Waals surface area contributed by atoms with Crippen LogP contribution in [0.3, 0.4) is 0 Å². The lowest BCUT2D eigenvalue weighted by Crippen LogP contribution is -2.47. The summed E-state index contributed by atoms with van der Waals surface area (Å²) in [6.07, 6.45) is 1.08. The molecule has 1 heterocycles. The molecule has 0 radical (unpaired) electrons. The van der Waals surface area contributed by atoms with Crippen molar-refractivity contribution < 1.29 is 0 Å². The van der Waals surface area contributed by atoms with Crippen LogP contribution in [0.15, 0.2) is 30.3 Å². The average Bonchev–Trinajstić information content (AvgIpc) is 2.38. The van der Waals surface area contributed by atoms with Gasteiger partial charge in [-0.15, -0.1) is 11.6 Å². The minimum atomic E-state index is 0.526. The number of piperazine rings is 1. The molecule has 17 heavy (non-hydrogen) atoms. The van der Waals surface area contributed by atoms with Crippen molar-refractivity contribution in [2.75, 3.05) is 39.1 Å². The van der Waals surface area contributed by atoms with E-state index >= 15 is 0 Å². The summed E-state index contributed by atoms with van der Waals surface area (Å²) in [6.45, 7) is 4.53. The van der Waals surface area contributed by atoms with Gasteiger partial charge in [0, 0.05) is 31.6 Å². The molecular weight excluding hydrogens is 232 g/mol. The second kappa shape index (κ2) is 6.39. The molecule has 94 valence electrons. The molecule has 2 rings (SSSR count). The lowest BCUT2D eigenvalue weighted by molar-refractivity contribution is 0.0902. The number of rotatable bonds is 4. The minimum absolute atomic E-state index is 0.526. The molecule has 1 saturated heterocycles. The zero-order valence-electron chi connectivity index (χ0n) is 10.5. The highest BCUT2D eigenvalue weighted by Gasteiger charge is 2.25. The summed E-state index contributed by atoms with van der Waals surface area (Å²) in [5.41, 5.74) is 1.42. The van der Waals surface area contributed by atoms with E-state index in [1.807, 2.05) is 0 Å². The Bertz CT molecular complexity index is 326. The Morgan fingerprint density at radius 3 is 2.71 bits per heavy atom. The number of halogens is 1. The Balaban J connectivity index is 2.08. The molecule has 0 bridgehead atoms. The fourth-order valence-corrected chi connectivity index (χ4v) is 2.60. The first-order valence-corrected chi connectivity index (χ1v) is 6.88. The van der Waals surface area contributed by atoms with Gasteiger partial charge in [-0.3, -0.25) is 4.90 Å². The lowest BCUT2D eigenvalue weighted by atomic mass is 10.0. The first-order chi connectivity index (χ1) is 8.31. The Morgan fingerprint density at radius 1 is 1.24 bits per heavy atom. The molecule has 1 aromatic carbocycles. The third kappa shape index (κ3) is 3.44. The molecule has 0 N–H and O–H groups in total. The number of hydrogen-bond acceptors (Lipinski definition) is 2. The maximum atomic E-state index is 5.81. The second-order valence-corrected chi connectivity index (χ2v) is 5.15. The Hall–Kier alpha value is -0.570. The van der Waals surface area contributed by atoms with Gasteiger partial charge in [0.15, 0.2) is 0 Å². The smallest absolute Gasteiger partial charge is 0.0475 e. The molecule has 0 spiro atoms. The fraction of sp³-hybridized carbons (Fsp3) is 0.571. The summed E-state index contributed by atoms with van der Waals surface area (Å²) in [7, 11) is 2.20. The summed E-state index contributed by atoms with van der Waals surface area (Å²) >= 11 is 5.81. The average molecular weight is 253 g/mol. The molecule has 1 unspecified atom stereocenters. The molecular formula is C14H21ClN2. The van der Waals surface area contributed by atoms with Crippen molar-refractivity contribution in [3.63, 3.8) is 0 Å². The van der Waals surface area contributed by atoms with Crippen molar-refractivity contribution >= 4 is 11.6 Å². The highest BCUT2D eigenvalue weighted by molar-refractivity contribution is 6.17. The van der Waals surface area contributed by atoms with Gasteiger partial charge in [-0.25, -0.2) is 0 Å². The van der Waals surface area contributed by atoms with Gasteiger partial charge >= 0.3 is 0 Å². The van der Waals surface area contributed by atoms with E-state index < -0.39 is 0 Å². The van der Waals surface area contributed by atoms with Crippen molar-refractivity contribution in [3.05, 3.63) is 35.9 Å². The third-order valence-electron chi connectivity index (χ3n) is 3.46. The topological polar surface area (TPSA) is 6.48 Å². The van der Waals surface area contributed by atoms with Crippen LogP contribution in [0, 0.1) is 0 Å². The van der Waals surface area contributed by atoms with Crippen LogP contribution in [0.4, 0.5) is 0 Å². The van der Waals surface area contributed by atoms with Crippen LogP contribution < -0.4 is 0 Å². The predicted molar refractivity (Wildman–Crippen MR) is 73.6 cm³/mol. The third-order valence-corrected chi connectivity index (χ3v) is 3.72. The maximum absolute atomic E-state index is 5.81. The molecule has 0 aliphatic carbocycles. The molecule has 1 aromatic rings. The van der Waals surface area contributed by atoms with Gasteiger partial charge in [0.1, 0.15) is 0 Å². The van der Waals surface area contributed by atoms with Gasteiger partial charge in [0.25, 0.3) is 0 Å². The lowest BCUT2D eigenvalue weighted by Gasteiger charge is -2.40. The summed E-state index contributed by atoms with van der Waals surface area (Å²) in [6, 6.07) is 11.3. The van der Waals surface area contributed by atoms with Gasteiger partial charge in [0.05, 0.1) is 0 Å². The fourth-order valence-electron chi connectivity index (χ4n) is 2.48. The van der Waals surface area contributed by atoms with Crippen molar-refractivity contribution in [2.45, 2.75) is 12.5 Å². The Labute approximate surface area is 109 Å². The van der Waals surface area contributed by atoms with E-state index in [0.29, 0.717) is 6.04 Å². The molecule has 0 amide bonds. The first-order valence-electron chi connectivity index (χ1n) is 6.35. The van der Waals surface area contributed by atoms with Gasteiger partial charge in [-0.1, -0.05) is 30.3 Å². The van der Waals surface area contributed by atoms with Crippen molar-refractivity contribution in [3.8, 4) is 0 Å². The summed E-state index contributed by atoms with van der Waals surface area (Å²) in [5, 5.41) is 0. The standard InChI is InChI=1S/C14H21ClN2/c1-16-10-11-17(9-5-8-15)14(12-16)13-6-3-2-4-7-13/h2-4,6-7,14H,5,8-12H2,1H3. The Kier molecular flexibility index (Phi) is 4.84. The van der Waals surface area contributed by atoms with E-state index in [4.69, 9.17) is 11.6 Å². The van der Waals surface area contributed by atoms with Crippen LogP contribution in [0.1, 0.15) is 18.0 Å². The van der Waals surface area contributed by atoms with Gasteiger partial charge in [-0.2, -0.15) is 0 Å². The largest absolute Gasteiger partial charge is 0.303 e. The molecule has 1 aliphatic rings. The van der Waals surface area contributed by atoms with Crippen LogP contribution in [0.25, 0.3) is 0 Å². The van der Waals surface area contributed by atoms with Crippen molar-refractivity contribution in [1.29, 1.82) is 0 Å². The van der Waals surface area contributed by atoms with E-state index in [1.54, 1.807) is 0 Å². The van der Waals surface area contributed by atoms with Crippen molar-refractivity contribution in [1.82, 2.24) is 9.80 Å². The highest BCUT2D eigenvalue weighted by atomic mass is 35.5. The molecule has 2 nitrogen and oxygen atoms in total. The molecule has 0 aromatic heterocycles. The molecule has 0 saturated carbocycles. The number of benzene rings is 1. The summed E-state index contributed by atoms with van der Waals surface area (Å²) < 4.78 is 0. The van der Waals surface area contributed by atoms with Gasteiger partial charge < -0.3 is 4.90 Å². The summed E-state index contributed by atoms with van der Waals surface area (Å²) in [5.74, 6) is 0.758. The molecule has 1 fully saturated rings. The molecule has 3 heteroatoms. The quantitative estimate of drug-likeness (QED) is 0.760. The number of likely N-dealkylation sites (N-methyl/N-ethyl adjacent to an activating group) is 1. The number of nitrogens with zero attached hydrogens (tertiary/aromatic N) is 2. The van der Waals surface area contributed by atoms with E-state index in [2.05, 4.69) is 47.2 Å². The van der Waals surface area contributed by atoms with E-state index in [-0.39, 0.29) is 0 Å². The SMILES string of the molecule is CN1CCN(CCCCl)C(c2ccccc2)C1. The summed E-state index contributed by atoms with van der Waals surface area (Å²) in [4.78, 5) is 4.98. The van der Waals surface area contributed by atoms with Crippen LogP contribution >= 0.6 is 11.6 Å². The minimum Gasteiger partial charge on any atom is -0.303 e. The Morgan fingerprint density at radius 2 is 2.00 bits per heavy atom. The predicted octanol–water partition coefficient (Wildman–Crippen LogP) is 2.60. The van der Waals surface area contributed by atoms with E-state index in [0.717, 1.165) is 38.5 Å². The maximum Gasteiger partial charge on any atom is 0.0475 e. The first kappa shape index (κ1) is 12.9. The highest BCUT2D eigenvalue weighted by Crippen LogP contribution is 2.24. The zero-order chi connectivity index (χ0) is 12.1. The van der Waals surface area contributed by atoms with Crippen LogP contribution in [-0.4, -0.2) is 48.9 Å². The normalized spacial score (nSPS) is 22.8. The van der Waals surface area contributed by atoms with Gasteiger partial charge in [-0.05, 0) is 25.6 Å². The number of alkyl halides is 1. The van der Waals surface area contributed by atoms with E-state index in [9.17, 15) is 0 Å². The van der Waals surface area contributed by atoms with Crippen LogP contribution in [0.5, 0.6) is 0 Å². The van der Waals surface area contributed by atoms with Crippen LogP contribution in [-0.2, 0) is 0 Å². The van der Waals surface area contributed by atoms with Gasteiger partial charge in [0.2, 0.25) is 0 Å². The monoisotopic (exact) mass is 252 g/mol.